The van der Waals surface area contributed by atoms with Crippen molar-refractivity contribution >= 4 is 5.97 Å². The second-order valence-corrected chi connectivity index (χ2v) is 7.20. The van der Waals surface area contributed by atoms with Gasteiger partial charge < -0.3 is 4.74 Å². The van der Waals surface area contributed by atoms with E-state index in [2.05, 4.69) is 30.7 Å². The molecule has 1 heterocycles. The topological polar surface area (TPSA) is 52.1 Å². The number of nitrogens with zero attached hydrogens (tertiary/aromatic N) is 2. The largest absolute Gasteiger partial charge is 0.426 e. The number of carbonyl (C=O) groups is 1. The predicted molar refractivity (Wildman–Crippen MR) is 110 cm³/mol. The van der Waals surface area contributed by atoms with Gasteiger partial charge >= 0.3 is 5.97 Å². The average molecular weight is 369 g/mol. The van der Waals surface area contributed by atoms with E-state index in [1.165, 1.54) is 12.8 Å². The molecule has 0 amide bonds. The Labute approximate surface area is 163 Å². The van der Waals surface area contributed by atoms with Crippen molar-refractivity contribution in [2.24, 2.45) is 5.92 Å². The fourth-order valence-corrected chi connectivity index (χ4v) is 2.90. The number of hydrogen-bond acceptors (Lipinski definition) is 4. The molecule has 27 heavy (non-hydrogen) atoms. The van der Waals surface area contributed by atoms with Crippen LogP contribution < -0.4 is 4.74 Å². The summed E-state index contributed by atoms with van der Waals surface area (Å²) < 4.78 is 5.64. The predicted octanol–water partition coefficient (Wildman–Crippen LogP) is 6.00. The van der Waals surface area contributed by atoms with Gasteiger partial charge in [-0.3, -0.25) is 4.79 Å². The molecule has 1 aromatic carbocycles. The van der Waals surface area contributed by atoms with Crippen molar-refractivity contribution < 1.29 is 9.53 Å². The highest BCUT2D eigenvalue weighted by molar-refractivity contribution is 5.76. The minimum absolute atomic E-state index is 0.186. The highest BCUT2D eigenvalue weighted by Crippen LogP contribution is 2.28. The summed E-state index contributed by atoms with van der Waals surface area (Å²) in [5.74, 6) is 1.69. The fraction of sp³-hybridized carbons (Fsp3) is 0.522. The quantitative estimate of drug-likeness (QED) is 0.277. The van der Waals surface area contributed by atoms with E-state index in [1.54, 1.807) is 6.20 Å². The lowest BCUT2D eigenvalue weighted by Gasteiger charge is -2.10. The number of aryl methyl sites for hydroxylation is 1. The molecule has 0 aliphatic carbocycles. The first kappa shape index (κ1) is 21.1. The van der Waals surface area contributed by atoms with E-state index in [4.69, 9.17) is 4.74 Å². The lowest BCUT2D eigenvalue weighted by molar-refractivity contribution is -0.134. The number of aromatic nitrogens is 2. The van der Waals surface area contributed by atoms with Crippen molar-refractivity contribution in [3.05, 3.63) is 42.2 Å². The zero-order valence-electron chi connectivity index (χ0n) is 16.9. The van der Waals surface area contributed by atoms with E-state index in [0.29, 0.717) is 18.0 Å². The van der Waals surface area contributed by atoms with Gasteiger partial charge in [0.1, 0.15) is 5.75 Å². The number of esters is 1. The number of unbranched alkanes of at least 4 members (excludes halogenated alkanes) is 2. The normalized spacial score (nSPS) is 12.0. The van der Waals surface area contributed by atoms with Crippen LogP contribution in [0.3, 0.4) is 0 Å². The monoisotopic (exact) mass is 368 g/mol. The molecule has 2 aromatic rings. The molecule has 0 fully saturated rings. The van der Waals surface area contributed by atoms with E-state index < -0.39 is 0 Å². The van der Waals surface area contributed by atoms with Crippen LogP contribution in [0.2, 0.25) is 0 Å². The third-order valence-electron chi connectivity index (χ3n) is 4.88. The van der Waals surface area contributed by atoms with Crippen LogP contribution in [-0.2, 0) is 11.2 Å². The number of hydrogen-bond donors (Lipinski definition) is 0. The van der Waals surface area contributed by atoms with Crippen LogP contribution in [0, 0.1) is 5.92 Å². The highest BCUT2D eigenvalue weighted by Gasteiger charge is 2.13. The Bertz CT molecular complexity index is 715. The van der Waals surface area contributed by atoms with Crippen LogP contribution in [0.1, 0.15) is 71.4 Å². The molecule has 4 nitrogen and oxygen atoms in total. The highest BCUT2D eigenvalue weighted by atomic mass is 16.5. The number of carbonyl (C=O) groups excluding carboxylic acids is 1. The van der Waals surface area contributed by atoms with Gasteiger partial charge in [0, 0.05) is 18.3 Å². The first-order valence-electron chi connectivity index (χ1n) is 10.3. The van der Waals surface area contributed by atoms with E-state index in [-0.39, 0.29) is 5.97 Å². The molecule has 0 aliphatic rings. The standard InChI is InChI=1S/C23H32N2O2/c1-4-6-12-19-16-17-24-23(25-19)20-13-8-9-14-21(20)27-22(26)15-10-7-11-18(3)5-2/h8-9,13-14,16-18H,4-7,10-12,15H2,1-3H3. The summed E-state index contributed by atoms with van der Waals surface area (Å²) in [5.41, 5.74) is 1.79. The van der Waals surface area contributed by atoms with Crippen LogP contribution in [0.25, 0.3) is 11.4 Å². The zero-order valence-corrected chi connectivity index (χ0v) is 16.9. The summed E-state index contributed by atoms with van der Waals surface area (Å²) in [6.45, 7) is 6.62. The van der Waals surface area contributed by atoms with Crippen molar-refractivity contribution in [2.45, 2.75) is 72.1 Å². The van der Waals surface area contributed by atoms with Gasteiger partial charge in [-0.15, -0.1) is 0 Å². The van der Waals surface area contributed by atoms with E-state index in [0.717, 1.165) is 49.3 Å². The maximum Gasteiger partial charge on any atom is 0.311 e. The maximum absolute atomic E-state index is 12.3. The van der Waals surface area contributed by atoms with E-state index >= 15 is 0 Å². The molecule has 0 saturated heterocycles. The summed E-state index contributed by atoms with van der Waals surface area (Å²) in [7, 11) is 0. The van der Waals surface area contributed by atoms with Crippen LogP contribution in [-0.4, -0.2) is 15.9 Å². The molecule has 0 bridgehead atoms. The van der Waals surface area contributed by atoms with Crippen LogP contribution >= 0.6 is 0 Å². The Morgan fingerprint density at radius 2 is 1.93 bits per heavy atom. The molecular formula is C23H32N2O2. The molecule has 4 heteroatoms. The van der Waals surface area contributed by atoms with Crippen LogP contribution in [0.4, 0.5) is 0 Å². The summed E-state index contributed by atoms with van der Waals surface area (Å²) >= 11 is 0. The van der Waals surface area contributed by atoms with Gasteiger partial charge in [0.25, 0.3) is 0 Å². The molecular weight excluding hydrogens is 336 g/mol. The van der Waals surface area contributed by atoms with Crippen LogP contribution in [0.5, 0.6) is 5.75 Å². The van der Waals surface area contributed by atoms with E-state index in [1.807, 2.05) is 30.3 Å². The smallest absolute Gasteiger partial charge is 0.311 e. The van der Waals surface area contributed by atoms with Gasteiger partial charge in [-0.05, 0) is 43.4 Å². The minimum Gasteiger partial charge on any atom is -0.426 e. The first-order chi connectivity index (χ1) is 13.1. The Kier molecular flexibility index (Phi) is 8.96. The molecule has 0 spiro atoms. The molecule has 146 valence electrons. The zero-order chi connectivity index (χ0) is 19.5. The van der Waals surface area contributed by atoms with Crippen molar-refractivity contribution in [1.82, 2.24) is 9.97 Å². The Morgan fingerprint density at radius 1 is 1.11 bits per heavy atom. The third kappa shape index (κ3) is 7.12. The van der Waals surface area contributed by atoms with Gasteiger partial charge in [0.05, 0.1) is 5.56 Å². The molecule has 1 unspecified atom stereocenters. The Balaban J connectivity index is 2.00. The van der Waals surface area contributed by atoms with Gasteiger partial charge in [-0.25, -0.2) is 9.97 Å². The van der Waals surface area contributed by atoms with Gasteiger partial charge in [0.2, 0.25) is 0 Å². The maximum atomic E-state index is 12.3. The summed E-state index contributed by atoms with van der Waals surface area (Å²) in [4.78, 5) is 21.3. The molecule has 1 atom stereocenters. The molecule has 1 aromatic heterocycles. The van der Waals surface area contributed by atoms with Gasteiger partial charge in [-0.2, -0.15) is 0 Å². The number of rotatable bonds is 11. The molecule has 0 radical (unpaired) electrons. The Morgan fingerprint density at radius 3 is 2.70 bits per heavy atom. The SMILES string of the molecule is CCCCc1ccnc(-c2ccccc2OC(=O)CCCCC(C)CC)n1. The number of para-hydroxylation sites is 1. The summed E-state index contributed by atoms with van der Waals surface area (Å²) in [5, 5.41) is 0. The molecule has 0 aliphatic heterocycles. The van der Waals surface area contributed by atoms with Crippen molar-refractivity contribution in [1.29, 1.82) is 0 Å². The minimum atomic E-state index is -0.186. The third-order valence-corrected chi connectivity index (χ3v) is 4.88. The molecule has 0 N–H and O–H groups in total. The number of ether oxygens (including phenoxy) is 1. The number of benzene rings is 1. The average Bonchev–Trinajstić information content (AvgIpc) is 2.70. The first-order valence-corrected chi connectivity index (χ1v) is 10.3. The van der Waals surface area contributed by atoms with Crippen LogP contribution in [0.15, 0.2) is 36.5 Å². The molecule has 0 saturated carbocycles. The van der Waals surface area contributed by atoms with Gasteiger partial charge in [-0.1, -0.05) is 58.6 Å². The fourth-order valence-electron chi connectivity index (χ4n) is 2.90. The summed E-state index contributed by atoms with van der Waals surface area (Å²) in [6.07, 6.45) is 9.68. The lowest BCUT2D eigenvalue weighted by Crippen LogP contribution is -2.09. The van der Waals surface area contributed by atoms with Gasteiger partial charge in [0.15, 0.2) is 5.82 Å². The second kappa shape index (κ2) is 11.5. The van der Waals surface area contributed by atoms with Crippen molar-refractivity contribution in [3.63, 3.8) is 0 Å². The molecule has 2 rings (SSSR count). The second-order valence-electron chi connectivity index (χ2n) is 7.20. The lowest BCUT2D eigenvalue weighted by atomic mass is 10.0. The van der Waals surface area contributed by atoms with Crippen molar-refractivity contribution in [2.75, 3.05) is 0 Å². The van der Waals surface area contributed by atoms with Crippen molar-refractivity contribution in [3.8, 4) is 17.1 Å². The Hall–Kier alpha value is -2.23. The van der Waals surface area contributed by atoms with E-state index in [9.17, 15) is 4.79 Å². The summed E-state index contributed by atoms with van der Waals surface area (Å²) in [6, 6.07) is 9.46.